The number of carbonyl (C=O) groups is 1. The summed E-state index contributed by atoms with van der Waals surface area (Å²) in [5.74, 6) is 0.253. The molecule has 0 atom stereocenters. The number of nitrogens with one attached hydrogen (secondary N) is 2. The van der Waals surface area contributed by atoms with Crippen molar-refractivity contribution in [2.24, 2.45) is 0 Å². The van der Waals surface area contributed by atoms with Crippen LogP contribution >= 0.6 is 11.6 Å². The number of pyridine rings is 1. The number of hydrogen-bond donors (Lipinski definition) is 2. The second kappa shape index (κ2) is 8.02. The van der Waals surface area contributed by atoms with Crippen LogP contribution in [0.15, 0.2) is 67.0 Å². The normalized spacial score (nSPS) is 10.6. The minimum atomic E-state index is -0.237. The maximum atomic E-state index is 12.4. The molecular formula is C21H20ClN3O. The summed E-state index contributed by atoms with van der Waals surface area (Å²) in [4.78, 5) is 16.6. The summed E-state index contributed by atoms with van der Waals surface area (Å²) >= 11 is 5.95. The first kappa shape index (κ1) is 18.0. The van der Waals surface area contributed by atoms with Gasteiger partial charge in [-0.2, -0.15) is 0 Å². The molecule has 2 N–H and O–H groups in total. The highest BCUT2D eigenvalue weighted by Gasteiger charge is 2.08. The molecule has 1 aromatic heterocycles. The molecule has 4 nitrogen and oxygen atoms in total. The molecule has 0 fully saturated rings. The van der Waals surface area contributed by atoms with Crippen molar-refractivity contribution in [1.29, 1.82) is 0 Å². The number of hydrogen-bond acceptors (Lipinski definition) is 3. The van der Waals surface area contributed by atoms with Gasteiger partial charge in [-0.25, -0.2) is 0 Å². The molecule has 1 amide bonds. The van der Waals surface area contributed by atoms with Crippen molar-refractivity contribution >= 4 is 34.6 Å². The van der Waals surface area contributed by atoms with Crippen LogP contribution in [-0.4, -0.2) is 10.9 Å². The fourth-order valence-corrected chi connectivity index (χ4v) is 2.71. The van der Waals surface area contributed by atoms with E-state index in [1.165, 1.54) is 11.8 Å². The van der Waals surface area contributed by atoms with Crippen LogP contribution in [-0.2, 0) is 0 Å². The van der Waals surface area contributed by atoms with Crippen molar-refractivity contribution < 1.29 is 4.79 Å². The maximum absolute atomic E-state index is 12.4. The van der Waals surface area contributed by atoms with Crippen molar-refractivity contribution in [3.05, 3.63) is 83.1 Å². The van der Waals surface area contributed by atoms with E-state index in [9.17, 15) is 4.79 Å². The Kier molecular flexibility index (Phi) is 5.54. The number of aromatic nitrogens is 1. The van der Waals surface area contributed by atoms with Crippen molar-refractivity contribution in [1.82, 2.24) is 4.98 Å². The topological polar surface area (TPSA) is 54.0 Å². The number of nitrogens with zero attached hydrogens (tertiary/aromatic N) is 1. The Bertz CT molecular complexity index is 907. The monoisotopic (exact) mass is 365 g/mol. The van der Waals surface area contributed by atoms with Crippen molar-refractivity contribution in [2.75, 3.05) is 10.6 Å². The molecule has 0 unspecified atom stereocenters. The van der Waals surface area contributed by atoms with E-state index in [1.807, 2.05) is 12.1 Å². The third kappa shape index (κ3) is 4.61. The SMILES string of the molecule is CC(C)c1ccc(Nc2cncc(C(=O)Nc3cccc(Cl)c3)c2)cc1. The molecule has 0 radical (unpaired) electrons. The second-order valence-electron chi connectivity index (χ2n) is 6.33. The lowest BCUT2D eigenvalue weighted by Gasteiger charge is -2.10. The van der Waals surface area contributed by atoms with Gasteiger partial charge in [-0.3, -0.25) is 9.78 Å². The lowest BCUT2D eigenvalue weighted by Crippen LogP contribution is -2.12. The summed E-state index contributed by atoms with van der Waals surface area (Å²) in [7, 11) is 0. The average Bonchev–Trinajstić information content (AvgIpc) is 2.62. The van der Waals surface area contributed by atoms with Gasteiger partial charge >= 0.3 is 0 Å². The molecule has 0 saturated carbocycles. The van der Waals surface area contributed by atoms with Crippen molar-refractivity contribution in [3.63, 3.8) is 0 Å². The van der Waals surface area contributed by atoms with Crippen molar-refractivity contribution in [2.45, 2.75) is 19.8 Å². The molecule has 0 spiro atoms. The molecule has 132 valence electrons. The quantitative estimate of drug-likeness (QED) is 0.595. The molecule has 0 bridgehead atoms. The number of carbonyl (C=O) groups excluding carboxylic acids is 1. The number of amides is 1. The summed E-state index contributed by atoms with van der Waals surface area (Å²) in [5, 5.41) is 6.66. The van der Waals surface area contributed by atoms with Crippen LogP contribution in [0.2, 0.25) is 5.02 Å². The van der Waals surface area contributed by atoms with Gasteiger partial charge in [0.2, 0.25) is 0 Å². The zero-order chi connectivity index (χ0) is 18.5. The van der Waals surface area contributed by atoms with Crippen LogP contribution in [0.3, 0.4) is 0 Å². The van der Waals surface area contributed by atoms with Crippen LogP contribution in [0.5, 0.6) is 0 Å². The smallest absolute Gasteiger partial charge is 0.257 e. The Morgan fingerprint density at radius 1 is 0.962 bits per heavy atom. The van der Waals surface area contributed by atoms with E-state index in [1.54, 1.807) is 36.5 Å². The Labute approximate surface area is 158 Å². The predicted octanol–water partition coefficient (Wildman–Crippen LogP) is 5.85. The molecule has 0 aliphatic heterocycles. The zero-order valence-corrected chi connectivity index (χ0v) is 15.4. The van der Waals surface area contributed by atoms with Gasteiger partial charge in [0.25, 0.3) is 5.91 Å². The highest BCUT2D eigenvalue weighted by molar-refractivity contribution is 6.31. The maximum Gasteiger partial charge on any atom is 0.257 e. The summed E-state index contributed by atoms with van der Waals surface area (Å²) in [6.07, 6.45) is 3.22. The highest BCUT2D eigenvalue weighted by Crippen LogP contribution is 2.21. The second-order valence-corrected chi connectivity index (χ2v) is 6.76. The van der Waals surface area contributed by atoms with E-state index in [0.717, 1.165) is 11.4 Å². The van der Waals surface area contributed by atoms with Gasteiger partial charge in [0.1, 0.15) is 0 Å². The summed E-state index contributed by atoms with van der Waals surface area (Å²) in [6, 6.07) is 17.0. The zero-order valence-electron chi connectivity index (χ0n) is 14.7. The molecule has 2 aromatic carbocycles. The number of anilines is 3. The van der Waals surface area contributed by atoms with Gasteiger partial charge in [0, 0.05) is 22.6 Å². The first-order chi connectivity index (χ1) is 12.5. The van der Waals surface area contributed by atoms with Gasteiger partial charge < -0.3 is 10.6 Å². The number of halogens is 1. The van der Waals surface area contributed by atoms with Gasteiger partial charge in [-0.15, -0.1) is 0 Å². The van der Waals surface area contributed by atoms with E-state index in [0.29, 0.717) is 22.2 Å². The van der Waals surface area contributed by atoms with Crippen LogP contribution in [0.25, 0.3) is 0 Å². The molecule has 1 heterocycles. The lowest BCUT2D eigenvalue weighted by molar-refractivity contribution is 0.102. The Balaban J connectivity index is 1.72. The third-order valence-corrected chi connectivity index (χ3v) is 4.18. The molecule has 0 saturated heterocycles. The Morgan fingerprint density at radius 3 is 2.42 bits per heavy atom. The minimum Gasteiger partial charge on any atom is -0.354 e. The van der Waals surface area contributed by atoms with Crippen LogP contribution in [0.1, 0.15) is 35.7 Å². The first-order valence-electron chi connectivity index (χ1n) is 8.40. The molecule has 3 rings (SSSR count). The predicted molar refractivity (Wildman–Crippen MR) is 107 cm³/mol. The van der Waals surface area contributed by atoms with Gasteiger partial charge in [0.05, 0.1) is 17.4 Å². The van der Waals surface area contributed by atoms with Gasteiger partial charge in [-0.1, -0.05) is 43.6 Å². The molecule has 0 aliphatic carbocycles. The Morgan fingerprint density at radius 2 is 1.73 bits per heavy atom. The molecule has 3 aromatic rings. The minimum absolute atomic E-state index is 0.237. The van der Waals surface area contributed by atoms with Gasteiger partial charge in [0.15, 0.2) is 0 Å². The van der Waals surface area contributed by atoms with E-state index < -0.39 is 0 Å². The van der Waals surface area contributed by atoms with E-state index in [4.69, 9.17) is 11.6 Å². The van der Waals surface area contributed by atoms with Crippen LogP contribution in [0.4, 0.5) is 17.1 Å². The van der Waals surface area contributed by atoms with E-state index in [-0.39, 0.29) is 5.91 Å². The largest absolute Gasteiger partial charge is 0.354 e. The average molecular weight is 366 g/mol. The molecule has 5 heteroatoms. The fraction of sp³-hybridized carbons (Fsp3) is 0.143. The Hall–Kier alpha value is -2.85. The summed E-state index contributed by atoms with van der Waals surface area (Å²) < 4.78 is 0. The molecule has 0 aliphatic rings. The lowest BCUT2D eigenvalue weighted by atomic mass is 10.0. The number of benzene rings is 2. The number of rotatable bonds is 5. The summed E-state index contributed by atoms with van der Waals surface area (Å²) in [6.45, 7) is 4.32. The van der Waals surface area contributed by atoms with Crippen LogP contribution < -0.4 is 10.6 Å². The van der Waals surface area contributed by atoms with E-state index >= 15 is 0 Å². The highest BCUT2D eigenvalue weighted by atomic mass is 35.5. The molecule has 26 heavy (non-hydrogen) atoms. The first-order valence-corrected chi connectivity index (χ1v) is 8.78. The fourth-order valence-electron chi connectivity index (χ4n) is 2.52. The third-order valence-electron chi connectivity index (χ3n) is 3.95. The van der Waals surface area contributed by atoms with E-state index in [2.05, 4.69) is 41.6 Å². The van der Waals surface area contributed by atoms with Crippen molar-refractivity contribution in [3.8, 4) is 0 Å². The molecular weight excluding hydrogens is 346 g/mol. The summed E-state index contributed by atoms with van der Waals surface area (Å²) in [5.41, 5.74) is 4.09. The standard InChI is InChI=1S/C21H20ClN3O/c1-14(2)15-6-8-18(9-7-15)24-20-10-16(12-23-13-20)21(26)25-19-5-3-4-17(22)11-19/h3-14,24H,1-2H3,(H,25,26). The van der Waals surface area contributed by atoms with Gasteiger partial charge in [-0.05, 0) is 47.9 Å². The van der Waals surface area contributed by atoms with Crippen LogP contribution in [0, 0.1) is 0 Å².